The fourth-order valence-corrected chi connectivity index (χ4v) is 8.07. The average Bonchev–Trinajstić information content (AvgIpc) is 3.69. The van der Waals surface area contributed by atoms with Gasteiger partial charge in [-0.05, 0) is 51.1 Å². The molecule has 256 valence electrons. The Balaban J connectivity index is 0.946. The Morgan fingerprint density at radius 3 is 1.89 bits per heavy atom. The summed E-state index contributed by atoms with van der Waals surface area (Å²) >= 11 is 0. The number of para-hydroxylation sites is 1. The number of nitrogens with zero attached hydrogens (tertiary/aromatic N) is 1. The summed E-state index contributed by atoms with van der Waals surface area (Å²) in [5.41, 5.74) is 15.1. The summed E-state index contributed by atoms with van der Waals surface area (Å²) in [6, 6.07) is 62.5. The number of anilines is 2. The van der Waals surface area contributed by atoms with Gasteiger partial charge in [0.05, 0.1) is 11.7 Å². The molecule has 4 unspecified atom stereocenters. The lowest BCUT2D eigenvalue weighted by molar-refractivity contribution is 0.260. The minimum atomic E-state index is -0.305. The van der Waals surface area contributed by atoms with Crippen molar-refractivity contribution in [1.29, 1.82) is 0 Å². The molecule has 3 aliphatic heterocycles. The van der Waals surface area contributed by atoms with Gasteiger partial charge in [-0.15, -0.1) is 0 Å². The first kappa shape index (κ1) is 31.3. The summed E-state index contributed by atoms with van der Waals surface area (Å²) < 4.78 is 6.64. The topological polar surface area (TPSA) is 57.7 Å². The van der Waals surface area contributed by atoms with Gasteiger partial charge in [-0.2, -0.15) is 0 Å². The molecule has 3 aliphatic rings. The molecule has 4 atom stereocenters. The number of aliphatic imine (C=N–C) groups is 1. The first-order chi connectivity index (χ1) is 26.2. The third-order valence-electron chi connectivity index (χ3n) is 10.8. The monoisotopic (exact) mass is 686 g/mol. The molecule has 0 radical (unpaired) electrons. The lowest BCUT2D eigenvalue weighted by atomic mass is 9.85. The molecule has 3 N–H and O–H groups in total. The summed E-state index contributed by atoms with van der Waals surface area (Å²) in [5, 5.41) is 11.4. The second kappa shape index (κ2) is 13.3. The maximum Gasteiger partial charge on any atom is 0.196 e. The molecule has 7 aromatic carbocycles. The van der Waals surface area contributed by atoms with E-state index in [1.165, 1.54) is 38.9 Å². The van der Waals surface area contributed by atoms with Crippen LogP contribution in [0.25, 0.3) is 22.3 Å². The Kier molecular flexibility index (Phi) is 7.85. The molecule has 3 heterocycles. The zero-order valence-electron chi connectivity index (χ0n) is 29.1. The molecule has 0 fully saturated rings. The molecule has 10 rings (SSSR count). The minimum absolute atomic E-state index is 0.000314. The van der Waals surface area contributed by atoms with Gasteiger partial charge in [0.25, 0.3) is 0 Å². The standard InChI is InChI=1S/C48H38N4O/c1-4-12-31(13-5-1)32-20-24-35(25-21-32)45-39-28-29-43-46(44(39)38-18-10-11-19-40(38)49-45)52-48(53-43)37-26-22-34(23-27-37)42-30-41(33-14-6-2-7-15-33)50-47(51-42)36-16-8-3-9-17-36/h1-29,41,45,47-50,52H,30H2. The van der Waals surface area contributed by atoms with Gasteiger partial charge in [0.2, 0.25) is 0 Å². The van der Waals surface area contributed by atoms with Gasteiger partial charge in [-0.1, -0.05) is 164 Å². The van der Waals surface area contributed by atoms with E-state index in [-0.39, 0.29) is 24.5 Å². The third kappa shape index (κ3) is 5.85. The van der Waals surface area contributed by atoms with Crippen molar-refractivity contribution in [2.75, 3.05) is 10.6 Å². The summed E-state index contributed by atoms with van der Waals surface area (Å²) in [4.78, 5) is 5.23. The van der Waals surface area contributed by atoms with E-state index in [2.05, 4.69) is 192 Å². The van der Waals surface area contributed by atoms with Crippen molar-refractivity contribution in [2.24, 2.45) is 4.99 Å². The van der Waals surface area contributed by atoms with Crippen LogP contribution in [0.2, 0.25) is 0 Å². The SMILES string of the molecule is c1ccc(-c2ccc(C3Nc4ccccc4-c4c3ccc3c4NC(c4ccc(C5=NC(c6ccccc6)NC(c6ccccc6)C5)cc4)O3)cc2)cc1. The van der Waals surface area contributed by atoms with E-state index in [1.807, 2.05) is 0 Å². The van der Waals surface area contributed by atoms with E-state index in [1.54, 1.807) is 0 Å². The fraction of sp³-hybridized carbons (Fsp3) is 0.104. The highest BCUT2D eigenvalue weighted by Gasteiger charge is 2.34. The molecule has 7 aromatic rings. The highest BCUT2D eigenvalue weighted by atomic mass is 16.5. The van der Waals surface area contributed by atoms with E-state index >= 15 is 0 Å². The van der Waals surface area contributed by atoms with Crippen LogP contribution in [-0.4, -0.2) is 5.71 Å². The number of rotatable bonds is 6. The van der Waals surface area contributed by atoms with Crippen molar-refractivity contribution in [3.63, 3.8) is 0 Å². The van der Waals surface area contributed by atoms with Crippen molar-refractivity contribution in [3.8, 4) is 28.0 Å². The molecule has 0 saturated heterocycles. The highest BCUT2D eigenvalue weighted by molar-refractivity contribution is 6.01. The zero-order chi connectivity index (χ0) is 35.1. The second-order valence-electron chi connectivity index (χ2n) is 14.0. The Labute approximate surface area is 310 Å². The second-order valence-corrected chi connectivity index (χ2v) is 14.0. The molecule has 0 spiro atoms. The summed E-state index contributed by atoms with van der Waals surface area (Å²) in [7, 11) is 0. The summed E-state index contributed by atoms with van der Waals surface area (Å²) in [6.07, 6.45) is 0.389. The van der Waals surface area contributed by atoms with Crippen molar-refractivity contribution in [2.45, 2.75) is 30.9 Å². The van der Waals surface area contributed by atoms with E-state index in [0.29, 0.717) is 0 Å². The number of fused-ring (bicyclic) bond motifs is 5. The van der Waals surface area contributed by atoms with Crippen LogP contribution in [-0.2, 0) is 0 Å². The molecule has 5 heteroatoms. The van der Waals surface area contributed by atoms with Crippen LogP contribution >= 0.6 is 0 Å². The number of hydrogen-bond acceptors (Lipinski definition) is 5. The molecule has 0 amide bonds. The van der Waals surface area contributed by atoms with Crippen LogP contribution in [0.1, 0.15) is 64.3 Å². The van der Waals surface area contributed by atoms with Crippen molar-refractivity contribution in [1.82, 2.24) is 5.32 Å². The molecule has 0 bridgehead atoms. The normalized spacial score (nSPS) is 19.7. The largest absolute Gasteiger partial charge is 0.464 e. The maximum atomic E-state index is 6.64. The minimum Gasteiger partial charge on any atom is -0.464 e. The average molecular weight is 687 g/mol. The first-order valence-electron chi connectivity index (χ1n) is 18.4. The van der Waals surface area contributed by atoms with Gasteiger partial charge >= 0.3 is 0 Å². The van der Waals surface area contributed by atoms with Crippen LogP contribution in [0.4, 0.5) is 11.4 Å². The number of ether oxygens (including phenoxy) is 1. The van der Waals surface area contributed by atoms with Gasteiger partial charge in [0.15, 0.2) is 6.23 Å². The van der Waals surface area contributed by atoms with Gasteiger partial charge in [-0.3, -0.25) is 10.3 Å². The van der Waals surface area contributed by atoms with E-state index in [9.17, 15) is 0 Å². The highest BCUT2D eigenvalue weighted by Crippen LogP contribution is 2.52. The molecule has 0 saturated carbocycles. The molecule has 53 heavy (non-hydrogen) atoms. The lowest BCUT2D eigenvalue weighted by Gasteiger charge is -2.31. The maximum absolute atomic E-state index is 6.64. The molecule has 0 aromatic heterocycles. The van der Waals surface area contributed by atoms with Crippen LogP contribution in [0, 0.1) is 0 Å². The Bertz CT molecular complexity index is 2430. The molecule has 0 aliphatic carbocycles. The van der Waals surface area contributed by atoms with Crippen LogP contribution < -0.4 is 20.7 Å². The summed E-state index contributed by atoms with van der Waals surface area (Å²) in [6.45, 7) is 0. The smallest absolute Gasteiger partial charge is 0.196 e. The van der Waals surface area contributed by atoms with Gasteiger partial charge < -0.3 is 15.4 Å². The number of benzene rings is 7. The number of nitrogens with one attached hydrogen (secondary N) is 3. The molecular formula is C48H38N4O. The number of hydrogen-bond donors (Lipinski definition) is 3. The predicted octanol–water partition coefficient (Wildman–Crippen LogP) is 11.3. The van der Waals surface area contributed by atoms with Gasteiger partial charge in [-0.25, -0.2) is 0 Å². The van der Waals surface area contributed by atoms with Crippen LogP contribution in [0.5, 0.6) is 5.75 Å². The van der Waals surface area contributed by atoms with Crippen LogP contribution in [0.15, 0.2) is 181 Å². The lowest BCUT2D eigenvalue weighted by Crippen LogP contribution is -2.33. The Morgan fingerprint density at radius 1 is 0.509 bits per heavy atom. The van der Waals surface area contributed by atoms with E-state index < -0.39 is 0 Å². The molecular weight excluding hydrogens is 649 g/mol. The summed E-state index contributed by atoms with van der Waals surface area (Å²) in [5.74, 6) is 0.867. The van der Waals surface area contributed by atoms with E-state index in [0.717, 1.165) is 45.9 Å². The first-order valence-corrected chi connectivity index (χ1v) is 18.4. The Hall–Kier alpha value is -6.43. The van der Waals surface area contributed by atoms with Crippen LogP contribution in [0.3, 0.4) is 0 Å². The molecule has 5 nitrogen and oxygen atoms in total. The Morgan fingerprint density at radius 2 is 1.13 bits per heavy atom. The van der Waals surface area contributed by atoms with Gasteiger partial charge in [0, 0.05) is 40.6 Å². The quantitative estimate of drug-likeness (QED) is 0.163. The van der Waals surface area contributed by atoms with Crippen molar-refractivity contribution in [3.05, 3.63) is 209 Å². The predicted molar refractivity (Wildman–Crippen MR) is 215 cm³/mol. The van der Waals surface area contributed by atoms with E-state index in [4.69, 9.17) is 9.73 Å². The third-order valence-corrected chi connectivity index (χ3v) is 10.8. The fourth-order valence-electron chi connectivity index (χ4n) is 8.07. The van der Waals surface area contributed by atoms with Gasteiger partial charge in [0.1, 0.15) is 11.9 Å². The van der Waals surface area contributed by atoms with Crippen molar-refractivity contribution >= 4 is 17.1 Å². The zero-order valence-corrected chi connectivity index (χ0v) is 29.1. The van der Waals surface area contributed by atoms with Crippen molar-refractivity contribution < 1.29 is 4.74 Å².